The van der Waals surface area contributed by atoms with Gasteiger partial charge in [-0.1, -0.05) is 0 Å². The van der Waals surface area contributed by atoms with E-state index >= 15 is 0 Å². The van der Waals surface area contributed by atoms with Crippen molar-refractivity contribution in [3.63, 3.8) is 0 Å². The van der Waals surface area contributed by atoms with Gasteiger partial charge in [0.1, 0.15) is 11.6 Å². The van der Waals surface area contributed by atoms with E-state index in [-0.39, 0.29) is 0 Å². The highest BCUT2D eigenvalue weighted by Crippen LogP contribution is 2.19. The molecule has 0 aliphatic carbocycles. The smallest absolute Gasteiger partial charge is 0.147 e. The van der Waals surface area contributed by atoms with Crippen molar-refractivity contribution in [3.05, 3.63) is 11.6 Å². The summed E-state index contributed by atoms with van der Waals surface area (Å²) in [5.41, 5.74) is 0. The molecule has 0 bridgehead atoms. The first-order chi connectivity index (χ1) is 9.34. The van der Waals surface area contributed by atoms with Crippen LogP contribution in [0.25, 0.3) is 0 Å². The largest absolute Gasteiger partial charge is 0.381 e. The van der Waals surface area contributed by atoms with Crippen molar-refractivity contribution in [2.45, 2.75) is 58.2 Å². The Morgan fingerprint density at radius 2 is 2.16 bits per heavy atom. The Balaban J connectivity index is 1.55. The van der Waals surface area contributed by atoms with Crippen LogP contribution in [0.15, 0.2) is 0 Å². The third kappa shape index (κ3) is 2.98. The van der Waals surface area contributed by atoms with Crippen molar-refractivity contribution in [2.24, 2.45) is 5.92 Å². The van der Waals surface area contributed by atoms with Gasteiger partial charge in [0.15, 0.2) is 0 Å². The van der Waals surface area contributed by atoms with E-state index in [0.717, 1.165) is 44.5 Å². The maximum atomic E-state index is 5.42. The molecule has 106 valence electrons. The second kappa shape index (κ2) is 6.01. The highest BCUT2D eigenvalue weighted by atomic mass is 16.5. The van der Waals surface area contributed by atoms with Gasteiger partial charge in [0.05, 0.1) is 6.54 Å². The van der Waals surface area contributed by atoms with Crippen LogP contribution in [0.3, 0.4) is 0 Å². The number of nitrogens with zero attached hydrogens (tertiary/aromatic N) is 3. The van der Waals surface area contributed by atoms with Crippen molar-refractivity contribution >= 4 is 0 Å². The van der Waals surface area contributed by atoms with Gasteiger partial charge in [0.25, 0.3) is 0 Å². The maximum absolute atomic E-state index is 5.42. The SMILES string of the molecule is CC(NCc1nnc2n1CCCC2)C1CCOCC1. The molecule has 19 heavy (non-hydrogen) atoms. The molecule has 1 aromatic heterocycles. The molecule has 0 amide bonds. The van der Waals surface area contributed by atoms with Crippen LogP contribution in [-0.4, -0.2) is 34.0 Å². The third-order valence-electron chi connectivity index (χ3n) is 4.49. The van der Waals surface area contributed by atoms with Crippen LogP contribution in [0, 0.1) is 5.92 Å². The van der Waals surface area contributed by atoms with E-state index in [4.69, 9.17) is 4.74 Å². The Bertz CT molecular complexity index is 412. The number of hydrogen-bond donors (Lipinski definition) is 1. The predicted molar refractivity (Wildman–Crippen MR) is 72.8 cm³/mol. The lowest BCUT2D eigenvalue weighted by Gasteiger charge is -2.28. The van der Waals surface area contributed by atoms with Gasteiger partial charge in [0.2, 0.25) is 0 Å². The van der Waals surface area contributed by atoms with E-state index < -0.39 is 0 Å². The molecule has 0 spiro atoms. The highest BCUT2D eigenvalue weighted by molar-refractivity contribution is 4.99. The summed E-state index contributed by atoms with van der Waals surface area (Å²) in [6.45, 7) is 6.04. The zero-order valence-corrected chi connectivity index (χ0v) is 11.8. The summed E-state index contributed by atoms with van der Waals surface area (Å²) < 4.78 is 7.72. The van der Waals surface area contributed by atoms with Crippen molar-refractivity contribution in [2.75, 3.05) is 13.2 Å². The zero-order valence-electron chi connectivity index (χ0n) is 11.8. The molecular formula is C14H24N4O. The van der Waals surface area contributed by atoms with Crippen LogP contribution in [0.5, 0.6) is 0 Å². The molecule has 1 fully saturated rings. The van der Waals surface area contributed by atoms with Crippen LogP contribution in [0.4, 0.5) is 0 Å². The number of aryl methyl sites for hydroxylation is 1. The van der Waals surface area contributed by atoms with Gasteiger partial charge in [-0.15, -0.1) is 10.2 Å². The molecule has 5 heteroatoms. The van der Waals surface area contributed by atoms with Crippen molar-refractivity contribution in [1.29, 1.82) is 0 Å². The summed E-state index contributed by atoms with van der Waals surface area (Å²) in [5, 5.41) is 12.3. The fraction of sp³-hybridized carbons (Fsp3) is 0.857. The molecule has 2 aliphatic heterocycles. The molecule has 1 aromatic rings. The summed E-state index contributed by atoms with van der Waals surface area (Å²) in [4.78, 5) is 0. The molecule has 1 saturated heterocycles. The summed E-state index contributed by atoms with van der Waals surface area (Å²) >= 11 is 0. The van der Waals surface area contributed by atoms with E-state index in [2.05, 4.69) is 27.0 Å². The molecular weight excluding hydrogens is 240 g/mol. The Hall–Kier alpha value is -0.940. The van der Waals surface area contributed by atoms with Crippen LogP contribution < -0.4 is 5.32 Å². The molecule has 3 heterocycles. The highest BCUT2D eigenvalue weighted by Gasteiger charge is 2.21. The summed E-state index contributed by atoms with van der Waals surface area (Å²) in [5.74, 6) is 3.01. The lowest BCUT2D eigenvalue weighted by Crippen LogP contribution is -2.37. The Labute approximate surface area is 114 Å². The Morgan fingerprint density at radius 3 is 3.00 bits per heavy atom. The van der Waals surface area contributed by atoms with Gasteiger partial charge in [-0.25, -0.2) is 0 Å². The molecule has 5 nitrogen and oxygen atoms in total. The molecule has 1 atom stereocenters. The first-order valence-electron chi connectivity index (χ1n) is 7.56. The van der Waals surface area contributed by atoms with Crippen molar-refractivity contribution in [1.82, 2.24) is 20.1 Å². The normalized spacial score (nSPS) is 22.2. The van der Waals surface area contributed by atoms with E-state index in [9.17, 15) is 0 Å². The molecule has 0 radical (unpaired) electrons. The van der Waals surface area contributed by atoms with E-state index in [1.807, 2.05) is 0 Å². The van der Waals surface area contributed by atoms with Gasteiger partial charge in [-0.05, 0) is 38.5 Å². The molecule has 1 N–H and O–H groups in total. The van der Waals surface area contributed by atoms with Crippen LogP contribution in [0.2, 0.25) is 0 Å². The van der Waals surface area contributed by atoms with Gasteiger partial charge >= 0.3 is 0 Å². The van der Waals surface area contributed by atoms with Crippen molar-refractivity contribution in [3.8, 4) is 0 Å². The minimum atomic E-state index is 0.528. The van der Waals surface area contributed by atoms with Gasteiger partial charge < -0.3 is 14.6 Å². The number of rotatable bonds is 4. The third-order valence-corrected chi connectivity index (χ3v) is 4.49. The summed E-state index contributed by atoms with van der Waals surface area (Å²) in [6.07, 6.45) is 5.94. The first kappa shape index (κ1) is 13.1. The van der Waals surface area contributed by atoms with Gasteiger partial charge in [-0.3, -0.25) is 0 Å². The number of hydrogen-bond acceptors (Lipinski definition) is 4. The fourth-order valence-electron chi connectivity index (χ4n) is 3.13. The maximum Gasteiger partial charge on any atom is 0.147 e. The standard InChI is InChI=1S/C14H24N4O/c1-11(12-5-8-19-9-6-12)15-10-14-17-16-13-4-2-3-7-18(13)14/h11-12,15H,2-10H2,1H3. The molecule has 3 rings (SSSR count). The van der Waals surface area contributed by atoms with Crippen LogP contribution >= 0.6 is 0 Å². The molecule has 2 aliphatic rings. The van der Waals surface area contributed by atoms with Crippen LogP contribution in [-0.2, 0) is 24.2 Å². The summed E-state index contributed by atoms with van der Waals surface area (Å²) in [7, 11) is 0. The van der Waals surface area contributed by atoms with E-state index in [0.29, 0.717) is 6.04 Å². The molecule has 0 aromatic carbocycles. The molecule has 1 unspecified atom stereocenters. The second-order valence-electron chi connectivity index (χ2n) is 5.76. The average Bonchev–Trinajstić information content (AvgIpc) is 2.89. The van der Waals surface area contributed by atoms with Gasteiger partial charge in [0, 0.05) is 32.2 Å². The number of fused-ring (bicyclic) bond motifs is 1. The van der Waals surface area contributed by atoms with Gasteiger partial charge in [-0.2, -0.15) is 0 Å². The minimum absolute atomic E-state index is 0.528. The monoisotopic (exact) mass is 264 g/mol. The first-order valence-corrected chi connectivity index (χ1v) is 7.56. The topological polar surface area (TPSA) is 52.0 Å². The average molecular weight is 264 g/mol. The zero-order chi connectivity index (χ0) is 13.1. The Kier molecular flexibility index (Phi) is 4.13. The Morgan fingerprint density at radius 1 is 1.32 bits per heavy atom. The van der Waals surface area contributed by atoms with Crippen LogP contribution in [0.1, 0.15) is 44.3 Å². The number of aromatic nitrogens is 3. The predicted octanol–water partition coefficient (Wildman–Crippen LogP) is 1.52. The van der Waals surface area contributed by atoms with E-state index in [1.54, 1.807) is 0 Å². The number of ether oxygens (including phenoxy) is 1. The fourth-order valence-corrected chi connectivity index (χ4v) is 3.13. The lowest BCUT2D eigenvalue weighted by molar-refractivity contribution is 0.0556. The minimum Gasteiger partial charge on any atom is -0.381 e. The van der Waals surface area contributed by atoms with Crippen molar-refractivity contribution < 1.29 is 4.74 Å². The molecule has 0 saturated carbocycles. The lowest BCUT2D eigenvalue weighted by atomic mass is 9.93. The second-order valence-corrected chi connectivity index (χ2v) is 5.76. The van der Waals surface area contributed by atoms with E-state index in [1.165, 1.54) is 31.5 Å². The summed E-state index contributed by atoms with van der Waals surface area (Å²) in [6, 6.07) is 0.528. The quantitative estimate of drug-likeness (QED) is 0.896. The number of nitrogens with one attached hydrogen (secondary N) is 1.